The van der Waals surface area contributed by atoms with Crippen LogP contribution in [0.3, 0.4) is 0 Å². The van der Waals surface area contributed by atoms with Crippen molar-refractivity contribution >= 4 is 27.5 Å². The van der Waals surface area contributed by atoms with Crippen molar-refractivity contribution in [1.82, 2.24) is 25.3 Å². The van der Waals surface area contributed by atoms with Crippen molar-refractivity contribution in [3.05, 3.63) is 16.6 Å². The fourth-order valence-electron chi connectivity index (χ4n) is 5.83. The van der Waals surface area contributed by atoms with Gasteiger partial charge < -0.3 is 10.6 Å². The second-order valence-electron chi connectivity index (χ2n) is 9.77. The number of fused-ring (bicyclic) bond motifs is 1. The molecule has 0 spiro atoms. The molecule has 2 aromatic heterocycles. The van der Waals surface area contributed by atoms with E-state index >= 15 is 0 Å². The molecule has 3 aliphatic rings. The number of amides is 1. The van der Waals surface area contributed by atoms with Crippen molar-refractivity contribution in [2.45, 2.75) is 89.3 Å². The largest absolute Gasteiger partial charge is 0.349 e. The minimum absolute atomic E-state index is 0.109. The van der Waals surface area contributed by atoms with Gasteiger partial charge in [-0.2, -0.15) is 5.10 Å². The number of hydrogen-bond acceptors (Lipinski definition) is 5. The molecule has 0 aromatic carbocycles. The van der Waals surface area contributed by atoms with Gasteiger partial charge in [0.1, 0.15) is 4.83 Å². The van der Waals surface area contributed by atoms with Gasteiger partial charge in [0, 0.05) is 30.6 Å². The van der Waals surface area contributed by atoms with Crippen LogP contribution >= 0.6 is 11.3 Å². The molecule has 0 bridgehead atoms. The number of aryl methyl sites for hydroxylation is 1. The lowest BCUT2D eigenvalue weighted by Crippen LogP contribution is -2.44. The van der Waals surface area contributed by atoms with Crippen LogP contribution in [-0.4, -0.2) is 58.9 Å². The number of carbonyl (C=O) groups is 1. The molecule has 0 atom stereocenters. The zero-order chi connectivity index (χ0) is 21.2. The molecule has 2 aromatic rings. The van der Waals surface area contributed by atoms with Crippen molar-refractivity contribution in [2.24, 2.45) is 0 Å². The SMILES string of the molecule is Cc1nn(C2CCCCC2)c2sc(C(=O)N[C@H]3CC[C@H](N4CCCNCC4)CC3)cc12. The lowest BCUT2D eigenvalue weighted by molar-refractivity contribution is 0.0909. The summed E-state index contributed by atoms with van der Waals surface area (Å²) in [5.74, 6) is 0.109. The van der Waals surface area contributed by atoms with Crippen molar-refractivity contribution in [3.8, 4) is 0 Å². The maximum atomic E-state index is 13.1. The third-order valence-corrected chi connectivity index (χ3v) is 8.76. The monoisotopic (exact) mass is 443 g/mol. The summed E-state index contributed by atoms with van der Waals surface area (Å²) in [4.78, 5) is 17.8. The molecule has 5 rings (SSSR count). The van der Waals surface area contributed by atoms with Gasteiger partial charge in [0.15, 0.2) is 0 Å². The van der Waals surface area contributed by atoms with E-state index in [-0.39, 0.29) is 5.91 Å². The molecule has 0 radical (unpaired) electrons. The average Bonchev–Trinajstić information content (AvgIpc) is 3.24. The molecule has 1 amide bonds. The first-order chi connectivity index (χ1) is 15.2. The number of nitrogens with one attached hydrogen (secondary N) is 2. The maximum Gasteiger partial charge on any atom is 0.261 e. The maximum absolute atomic E-state index is 13.1. The number of nitrogens with zero attached hydrogens (tertiary/aromatic N) is 3. The van der Waals surface area contributed by atoms with Crippen molar-refractivity contribution in [1.29, 1.82) is 0 Å². The summed E-state index contributed by atoms with van der Waals surface area (Å²) >= 11 is 1.63. The summed E-state index contributed by atoms with van der Waals surface area (Å²) in [6, 6.07) is 3.59. The zero-order valence-corrected chi connectivity index (χ0v) is 19.7. The van der Waals surface area contributed by atoms with Gasteiger partial charge in [-0.05, 0) is 71.0 Å². The van der Waals surface area contributed by atoms with E-state index in [9.17, 15) is 4.79 Å². The lowest BCUT2D eigenvalue weighted by Gasteiger charge is -2.36. The van der Waals surface area contributed by atoms with Crippen LogP contribution in [0.5, 0.6) is 0 Å². The van der Waals surface area contributed by atoms with Crippen LogP contribution in [0.15, 0.2) is 6.07 Å². The number of carbonyl (C=O) groups excluding carboxylic acids is 1. The van der Waals surface area contributed by atoms with Crippen molar-refractivity contribution in [3.63, 3.8) is 0 Å². The molecule has 3 fully saturated rings. The molecule has 2 saturated carbocycles. The molecule has 1 aliphatic heterocycles. The quantitative estimate of drug-likeness (QED) is 0.742. The Hall–Kier alpha value is -1.44. The highest BCUT2D eigenvalue weighted by Crippen LogP contribution is 2.35. The lowest BCUT2D eigenvalue weighted by atomic mass is 9.90. The molecular weight excluding hydrogens is 406 g/mol. The molecule has 2 aliphatic carbocycles. The Morgan fingerprint density at radius 2 is 1.84 bits per heavy atom. The predicted molar refractivity (Wildman–Crippen MR) is 127 cm³/mol. The second-order valence-corrected chi connectivity index (χ2v) is 10.8. The van der Waals surface area contributed by atoms with E-state index in [0.717, 1.165) is 36.5 Å². The third kappa shape index (κ3) is 4.69. The van der Waals surface area contributed by atoms with Gasteiger partial charge in [-0.25, -0.2) is 0 Å². The number of hydrogen-bond donors (Lipinski definition) is 2. The smallest absolute Gasteiger partial charge is 0.261 e. The number of aromatic nitrogens is 2. The van der Waals surface area contributed by atoms with Gasteiger partial charge >= 0.3 is 0 Å². The molecule has 7 heteroatoms. The van der Waals surface area contributed by atoms with E-state index in [4.69, 9.17) is 5.10 Å². The van der Waals surface area contributed by atoms with Gasteiger partial charge in [0.2, 0.25) is 0 Å². The zero-order valence-electron chi connectivity index (χ0n) is 18.9. The van der Waals surface area contributed by atoms with E-state index in [1.165, 1.54) is 74.7 Å². The first-order valence-electron chi connectivity index (χ1n) is 12.4. The van der Waals surface area contributed by atoms with Gasteiger partial charge in [0.25, 0.3) is 5.91 Å². The third-order valence-electron chi connectivity index (χ3n) is 7.64. The Labute approximate surface area is 189 Å². The van der Waals surface area contributed by atoms with Gasteiger partial charge in [-0.3, -0.25) is 14.4 Å². The van der Waals surface area contributed by atoms with Crippen LogP contribution in [0.1, 0.15) is 85.6 Å². The highest BCUT2D eigenvalue weighted by Gasteiger charge is 2.28. The summed E-state index contributed by atoms with van der Waals surface area (Å²) < 4.78 is 2.23. The van der Waals surface area contributed by atoms with Crippen LogP contribution in [-0.2, 0) is 0 Å². The highest BCUT2D eigenvalue weighted by molar-refractivity contribution is 7.20. The topological polar surface area (TPSA) is 62.2 Å². The molecule has 170 valence electrons. The van der Waals surface area contributed by atoms with Crippen molar-refractivity contribution < 1.29 is 4.79 Å². The standard InChI is InChI=1S/C24H37N5OS/c1-17-21-16-22(31-24(21)29(27-17)20-6-3-2-4-7-20)23(30)26-18-8-10-19(11-9-18)28-14-5-12-25-13-15-28/h16,18-20,25H,2-15H2,1H3,(H,26,30)/t18-,19-. The second kappa shape index (κ2) is 9.59. The molecular formula is C24H37N5OS. The average molecular weight is 444 g/mol. The molecule has 0 unspecified atom stereocenters. The van der Waals surface area contributed by atoms with E-state index in [2.05, 4.69) is 33.2 Å². The summed E-state index contributed by atoms with van der Waals surface area (Å²) in [5.41, 5.74) is 1.06. The van der Waals surface area contributed by atoms with Crippen molar-refractivity contribution in [2.75, 3.05) is 26.2 Å². The molecule has 6 nitrogen and oxygen atoms in total. The minimum atomic E-state index is 0.109. The summed E-state index contributed by atoms with van der Waals surface area (Å²) in [7, 11) is 0. The Morgan fingerprint density at radius 1 is 1.03 bits per heavy atom. The summed E-state index contributed by atoms with van der Waals surface area (Å²) in [5, 5.41) is 12.9. The van der Waals surface area contributed by atoms with Crippen LogP contribution in [0.25, 0.3) is 10.2 Å². The molecule has 31 heavy (non-hydrogen) atoms. The van der Waals surface area contributed by atoms with E-state index in [1.54, 1.807) is 11.3 Å². The molecule has 1 saturated heterocycles. The minimum Gasteiger partial charge on any atom is -0.349 e. The highest BCUT2D eigenvalue weighted by atomic mass is 32.1. The first kappa shape index (κ1) is 21.4. The fourth-order valence-corrected chi connectivity index (χ4v) is 6.97. The Kier molecular flexibility index (Phi) is 6.62. The molecule has 3 heterocycles. The summed E-state index contributed by atoms with van der Waals surface area (Å²) in [6.45, 7) is 6.72. The Morgan fingerprint density at radius 3 is 2.65 bits per heavy atom. The Bertz CT molecular complexity index is 883. The number of rotatable bonds is 4. The normalized spacial score (nSPS) is 26.7. The van der Waals surface area contributed by atoms with E-state index < -0.39 is 0 Å². The fraction of sp³-hybridized carbons (Fsp3) is 0.750. The van der Waals surface area contributed by atoms with Crippen LogP contribution in [0, 0.1) is 6.92 Å². The summed E-state index contributed by atoms with van der Waals surface area (Å²) in [6.07, 6.45) is 12.2. The van der Waals surface area contributed by atoms with Gasteiger partial charge in [0.05, 0.1) is 16.6 Å². The van der Waals surface area contributed by atoms with Gasteiger partial charge in [-0.1, -0.05) is 19.3 Å². The van der Waals surface area contributed by atoms with Crippen LogP contribution in [0.4, 0.5) is 0 Å². The van der Waals surface area contributed by atoms with E-state index in [0.29, 0.717) is 18.1 Å². The number of thiophene rings is 1. The predicted octanol–water partition coefficient (Wildman–Crippen LogP) is 4.25. The van der Waals surface area contributed by atoms with Crippen LogP contribution in [0.2, 0.25) is 0 Å². The van der Waals surface area contributed by atoms with Crippen LogP contribution < -0.4 is 10.6 Å². The van der Waals surface area contributed by atoms with E-state index in [1.807, 2.05) is 0 Å². The first-order valence-corrected chi connectivity index (χ1v) is 13.2. The molecule has 2 N–H and O–H groups in total. The van der Waals surface area contributed by atoms with Gasteiger partial charge in [-0.15, -0.1) is 11.3 Å². The Balaban J connectivity index is 1.21.